The lowest BCUT2D eigenvalue weighted by Crippen LogP contribution is -2.14. The van der Waals surface area contributed by atoms with E-state index in [0.717, 1.165) is 55.9 Å². The number of hydrogen-bond donors (Lipinski definition) is 2. The van der Waals surface area contributed by atoms with Crippen LogP contribution in [0.25, 0.3) is 32.6 Å². The quantitative estimate of drug-likeness (QED) is 0.261. The molecule has 0 fully saturated rings. The van der Waals surface area contributed by atoms with Gasteiger partial charge in [-0.1, -0.05) is 54.6 Å². The first kappa shape index (κ1) is 21.0. The fourth-order valence-electron chi connectivity index (χ4n) is 4.18. The van der Waals surface area contributed by atoms with Crippen molar-refractivity contribution >= 4 is 65.4 Å². The van der Waals surface area contributed by atoms with Gasteiger partial charge in [-0.05, 0) is 29.7 Å². The minimum absolute atomic E-state index is 0.516. The van der Waals surface area contributed by atoms with Crippen LogP contribution < -0.4 is 14.9 Å². The zero-order chi connectivity index (χ0) is 23.2. The summed E-state index contributed by atoms with van der Waals surface area (Å²) in [6, 6.07) is 26.0. The van der Waals surface area contributed by atoms with E-state index in [4.69, 9.17) is 4.98 Å². The van der Waals surface area contributed by atoms with Crippen LogP contribution in [0.15, 0.2) is 78.9 Å². The predicted molar refractivity (Wildman–Crippen MR) is 139 cm³/mol. The van der Waals surface area contributed by atoms with Crippen molar-refractivity contribution in [1.29, 1.82) is 0 Å². The topological polar surface area (TPSA) is 74.3 Å². The monoisotopic (exact) mass is 456 g/mol. The summed E-state index contributed by atoms with van der Waals surface area (Å²) < 4.78 is 26.0. The zero-order valence-electron chi connectivity index (χ0n) is 18.6. The van der Waals surface area contributed by atoms with Gasteiger partial charge in [-0.25, -0.2) is 13.4 Å². The van der Waals surface area contributed by atoms with Gasteiger partial charge in [0, 0.05) is 30.3 Å². The van der Waals surface area contributed by atoms with E-state index in [2.05, 4.69) is 40.4 Å². The van der Waals surface area contributed by atoms with Gasteiger partial charge in [0.2, 0.25) is 10.0 Å². The first-order valence-electron chi connectivity index (χ1n) is 10.6. The zero-order valence-corrected chi connectivity index (χ0v) is 19.4. The van der Waals surface area contributed by atoms with E-state index in [1.54, 1.807) is 6.07 Å². The van der Waals surface area contributed by atoms with E-state index < -0.39 is 10.0 Å². The number of para-hydroxylation sites is 1. The molecule has 1 aromatic heterocycles. The second kappa shape index (κ2) is 7.94. The number of fused-ring (bicyclic) bond motifs is 4. The average Bonchev–Trinajstić information content (AvgIpc) is 2.78. The van der Waals surface area contributed by atoms with E-state index in [9.17, 15) is 8.42 Å². The van der Waals surface area contributed by atoms with Gasteiger partial charge in [0.05, 0.1) is 40.0 Å². The van der Waals surface area contributed by atoms with E-state index >= 15 is 0 Å². The Hall–Kier alpha value is -3.84. The second-order valence-corrected chi connectivity index (χ2v) is 10.1. The highest BCUT2D eigenvalue weighted by atomic mass is 32.2. The number of sulfonamides is 1. The molecule has 0 saturated heterocycles. The van der Waals surface area contributed by atoms with Crippen molar-refractivity contribution in [2.75, 3.05) is 35.3 Å². The molecule has 0 saturated carbocycles. The molecule has 5 aromatic rings. The van der Waals surface area contributed by atoms with E-state index in [-0.39, 0.29) is 0 Å². The third-order valence-electron chi connectivity index (χ3n) is 5.62. The Bertz CT molecular complexity index is 1630. The van der Waals surface area contributed by atoms with Crippen LogP contribution in [0.3, 0.4) is 0 Å². The Kier molecular flexibility index (Phi) is 5.06. The Morgan fingerprint density at radius 3 is 2.30 bits per heavy atom. The van der Waals surface area contributed by atoms with Crippen LogP contribution in [0.2, 0.25) is 0 Å². The third-order valence-corrected chi connectivity index (χ3v) is 6.22. The minimum Gasteiger partial charge on any atom is -0.376 e. The number of pyridine rings is 1. The van der Waals surface area contributed by atoms with Gasteiger partial charge < -0.3 is 10.2 Å². The maximum Gasteiger partial charge on any atom is 0.229 e. The van der Waals surface area contributed by atoms with Crippen molar-refractivity contribution in [3.63, 3.8) is 0 Å². The van der Waals surface area contributed by atoms with Crippen LogP contribution in [-0.2, 0) is 10.0 Å². The SMILES string of the molecule is CN(C)c1cc(NS(C)(=O)=O)ccc1Nc1c2ccccc2nc2c1ccc1ccccc12. The van der Waals surface area contributed by atoms with Gasteiger partial charge in [0.15, 0.2) is 0 Å². The number of aromatic nitrogens is 1. The summed E-state index contributed by atoms with van der Waals surface area (Å²) in [5.74, 6) is 0. The molecule has 0 aliphatic heterocycles. The van der Waals surface area contributed by atoms with Crippen LogP contribution in [0.5, 0.6) is 0 Å². The minimum atomic E-state index is -3.37. The lowest BCUT2D eigenvalue weighted by atomic mass is 10.0. The van der Waals surface area contributed by atoms with Gasteiger partial charge in [0.25, 0.3) is 0 Å². The standard InChI is InChI=1S/C26H24N4O2S/c1-30(2)24-16-18(29-33(3,31)32)13-15-23(24)28-26-20-10-6-7-11-22(20)27-25-19-9-5-4-8-17(19)12-14-21(25)26/h4-16,29H,1-3H3,(H,27,28). The molecule has 0 aliphatic rings. The maximum absolute atomic E-state index is 11.7. The molecular formula is C26H24N4O2S. The van der Waals surface area contributed by atoms with Crippen LogP contribution in [0, 0.1) is 0 Å². The number of rotatable bonds is 5. The first-order valence-corrected chi connectivity index (χ1v) is 12.5. The molecule has 0 aliphatic carbocycles. The summed E-state index contributed by atoms with van der Waals surface area (Å²) in [4.78, 5) is 6.95. The lowest BCUT2D eigenvalue weighted by Gasteiger charge is -2.21. The van der Waals surface area contributed by atoms with Crippen molar-refractivity contribution < 1.29 is 8.42 Å². The molecule has 0 bridgehead atoms. The molecule has 7 heteroatoms. The van der Waals surface area contributed by atoms with Crippen molar-refractivity contribution in [1.82, 2.24) is 4.98 Å². The van der Waals surface area contributed by atoms with E-state index in [1.165, 1.54) is 0 Å². The number of nitrogens with zero attached hydrogens (tertiary/aromatic N) is 2. The molecule has 1 heterocycles. The maximum atomic E-state index is 11.7. The molecule has 5 rings (SSSR count). The normalized spacial score (nSPS) is 11.7. The van der Waals surface area contributed by atoms with Crippen LogP contribution >= 0.6 is 0 Å². The fourth-order valence-corrected chi connectivity index (χ4v) is 4.73. The summed E-state index contributed by atoms with van der Waals surface area (Å²) in [5, 5.41) is 7.92. The molecule has 4 aromatic carbocycles. The highest BCUT2D eigenvalue weighted by Crippen LogP contribution is 2.39. The van der Waals surface area contributed by atoms with Crippen LogP contribution in [0.4, 0.5) is 22.7 Å². The highest BCUT2D eigenvalue weighted by Gasteiger charge is 2.15. The molecule has 6 nitrogen and oxygen atoms in total. The largest absolute Gasteiger partial charge is 0.376 e. The number of nitrogens with one attached hydrogen (secondary N) is 2. The molecule has 33 heavy (non-hydrogen) atoms. The molecule has 0 radical (unpaired) electrons. The summed E-state index contributed by atoms with van der Waals surface area (Å²) in [5.41, 5.74) is 5.06. The molecule has 0 spiro atoms. The number of hydrogen-bond acceptors (Lipinski definition) is 5. The third kappa shape index (κ3) is 4.03. The van der Waals surface area contributed by atoms with Crippen LogP contribution in [-0.4, -0.2) is 33.8 Å². The second-order valence-electron chi connectivity index (χ2n) is 8.31. The Morgan fingerprint density at radius 1 is 0.818 bits per heavy atom. The van der Waals surface area contributed by atoms with Gasteiger partial charge in [-0.3, -0.25) is 4.72 Å². The fraction of sp³-hybridized carbons (Fsp3) is 0.115. The molecule has 0 amide bonds. The number of benzene rings is 4. The molecule has 0 atom stereocenters. The molecule has 0 unspecified atom stereocenters. The molecule has 166 valence electrons. The smallest absolute Gasteiger partial charge is 0.229 e. The van der Waals surface area contributed by atoms with Crippen molar-refractivity contribution in [3.8, 4) is 0 Å². The van der Waals surface area contributed by atoms with E-state index in [1.807, 2.05) is 61.5 Å². The molecular weight excluding hydrogens is 432 g/mol. The van der Waals surface area contributed by atoms with E-state index in [0.29, 0.717) is 5.69 Å². The van der Waals surface area contributed by atoms with Gasteiger partial charge in [0.1, 0.15) is 0 Å². The predicted octanol–water partition coefficient (Wildman–Crippen LogP) is 5.72. The Labute approximate surface area is 192 Å². The highest BCUT2D eigenvalue weighted by molar-refractivity contribution is 7.92. The van der Waals surface area contributed by atoms with Gasteiger partial charge in [-0.2, -0.15) is 0 Å². The summed E-state index contributed by atoms with van der Waals surface area (Å²) in [7, 11) is 0.496. The Balaban J connectivity index is 1.74. The first-order chi connectivity index (χ1) is 15.8. The Morgan fingerprint density at radius 2 is 1.55 bits per heavy atom. The summed E-state index contributed by atoms with van der Waals surface area (Å²) >= 11 is 0. The average molecular weight is 457 g/mol. The van der Waals surface area contributed by atoms with Crippen molar-refractivity contribution in [2.24, 2.45) is 0 Å². The summed E-state index contributed by atoms with van der Waals surface area (Å²) in [6.45, 7) is 0. The molecule has 2 N–H and O–H groups in total. The number of anilines is 4. The van der Waals surface area contributed by atoms with Crippen LogP contribution in [0.1, 0.15) is 0 Å². The van der Waals surface area contributed by atoms with Crippen molar-refractivity contribution in [3.05, 3.63) is 78.9 Å². The summed E-state index contributed by atoms with van der Waals surface area (Å²) in [6.07, 6.45) is 1.15. The van der Waals surface area contributed by atoms with Crippen molar-refractivity contribution in [2.45, 2.75) is 0 Å². The lowest BCUT2D eigenvalue weighted by molar-refractivity contribution is 0.607. The van der Waals surface area contributed by atoms with Gasteiger partial charge in [-0.15, -0.1) is 0 Å². The van der Waals surface area contributed by atoms with Gasteiger partial charge >= 0.3 is 0 Å².